The normalized spacial score (nSPS) is 22.3. The van der Waals surface area contributed by atoms with E-state index in [2.05, 4.69) is 22.6 Å². The van der Waals surface area contributed by atoms with E-state index in [0.717, 1.165) is 21.5 Å². The minimum absolute atomic E-state index is 0.248. The molecule has 2 aliphatic rings. The van der Waals surface area contributed by atoms with Crippen LogP contribution in [-0.2, 0) is 0 Å². The zero-order valence-corrected chi connectivity index (χ0v) is 11.3. The number of thiophene rings is 1. The number of likely N-dealkylation sites (tertiary alicyclic amines) is 1. The van der Waals surface area contributed by atoms with Crippen LogP contribution in [0.2, 0.25) is 0 Å². The molecule has 1 aromatic heterocycles. The second kappa shape index (κ2) is 3.45. The van der Waals surface area contributed by atoms with Crippen molar-refractivity contribution in [2.24, 2.45) is 5.41 Å². The monoisotopic (exact) mass is 333 g/mol. The third kappa shape index (κ3) is 1.71. The molecule has 1 aliphatic carbocycles. The van der Waals surface area contributed by atoms with Crippen molar-refractivity contribution < 1.29 is 4.79 Å². The average Bonchev–Trinajstić information content (AvgIpc) is 2.65. The number of nitrogens with zero attached hydrogens (tertiary/aromatic N) is 1. The zero-order chi connectivity index (χ0) is 10.5. The summed E-state index contributed by atoms with van der Waals surface area (Å²) in [5.74, 6) is 0.248. The molecule has 4 heteroatoms. The van der Waals surface area contributed by atoms with Gasteiger partial charge in [0.05, 0.1) is 0 Å². The van der Waals surface area contributed by atoms with Gasteiger partial charge in [-0.1, -0.05) is 0 Å². The topological polar surface area (TPSA) is 20.3 Å². The van der Waals surface area contributed by atoms with Gasteiger partial charge in [0.1, 0.15) is 4.88 Å². The molecular formula is C11H12INOS. The van der Waals surface area contributed by atoms with Crippen LogP contribution in [0.3, 0.4) is 0 Å². The zero-order valence-electron chi connectivity index (χ0n) is 8.33. The van der Waals surface area contributed by atoms with Crippen molar-refractivity contribution in [1.29, 1.82) is 0 Å². The largest absolute Gasteiger partial charge is 0.337 e. The summed E-state index contributed by atoms with van der Waals surface area (Å²) in [6.45, 7) is 1.96. The van der Waals surface area contributed by atoms with Crippen LogP contribution >= 0.6 is 33.9 Å². The van der Waals surface area contributed by atoms with Crippen LogP contribution in [0.15, 0.2) is 11.4 Å². The Bertz CT molecular complexity index is 410. The average molecular weight is 333 g/mol. The lowest BCUT2D eigenvalue weighted by molar-refractivity contribution is 0.0789. The molecular weight excluding hydrogens is 321 g/mol. The molecule has 0 radical (unpaired) electrons. The predicted molar refractivity (Wildman–Crippen MR) is 69.2 cm³/mol. The van der Waals surface area contributed by atoms with E-state index in [-0.39, 0.29) is 5.91 Å². The molecule has 2 heterocycles. The molecule has 1 aliphatic heterocycles. The Labute approximate surface area is 107 Å². The Morgan fingerprint density at radius 3 is 2.80 bits per heavy atom. The fourth-order valence-electron chi connectivity index (χ4n) is 2.28. The van der Waals surface area contributed by atoms with E-state index in [4.69, 9.17) is 0 Å². The van der Waals surface area contributed by atoms with Crippen molar-refractivity contribution in [1.82, 2.24) is 4.90 Å². The van der Waals surface area contributed by atoms with E-state index < -0.39 is 0 Å². The van der Waals surface area contributed by atoms with E-state index in [0.29, 0.717) is 5.41 Å². The third-order valence-electron chi connectivity index (χ3n) is 3.49. The highest BCUT2D eigenvalue weighted by atomic mass is 127. The molecule has 1 amide bonds. The van der Waals surface area contributed by atoms with Gasteiger partial charge in [-0.15, -0.1) is 11.3 Å². The Kier molecular flexibility index (Phi) is 2.32. The van der Waals surface area contributed by atoms with E-state index in [9.17, 15) is 4.79 Å². The molecule has 0 atom stereocenters. The first-order chi connectivity index (χ1) is 7.20. The SMILES string of the molecule is O=C(c1sccc1I)N1CCC2(CC2)C1. The fourth-order valence-corrected chi connectivity index (χ4v) is 4.07. The Hall–Kier alpha value is -0.100. The number of hydrogen-bond donors (Lipinski definition) is 0. The molecule has 1 saturated heterocycles. The van der Waals surface area contributed by atoms with Crippen LogP contribution in [0.1, 0.15) is 28.9 Å². The minimum atomic E-state index is 0.248. The smallest absolute Gasteiger partial charge is 0.265 e. The maximum Gasteiger partial charge on any atom is 0.265 e. The van der Waals surface area contributed by atoms with E-state index in [1.54, 1.807) is 11.3 Å². The molecule has 80 valence electrons. The number of amides is 1. The van der Waals surface area contributed by atoms with Crippen molar-refractivity contribution in [3.05, 3.63) is 19.9 Å². The van der Waals surface area contributed by atoms with Crippen LogP contribution < -0.4 is 0 Å². The van der Waals surface area contributed by atoms with Crippen molar-refractivity contribution in [2.45, 2.75) is 19.3 Å². The maximum atomic E-state index is 12.2. The van der Waals surface area contributed by atoms with Gasteiger partial charge in [-0.3, -0.25) is 4.79 Å². The Morgan fingerprint density at radius 2 is 2.27 bits per heavy atom. The molecule has 0 N–H and O–H groups in total. The van der Waals surface area contributed by atoms with Gasteiger partial charge in [0.25, 0.3) is 5.91 Å². The number of carbonyl (C=O) groups is 1. The predicted octanol–water partition coefficient (Wildman–Crippen LogP) is 2.98. The highest BCUT2D eigenvalue weighted by molar-refractivity contribution is 14.1. The molecule has 15 heavy (non-hydrogen) atoms. The van der Waals surface area contributed by atoms with Gasteiger partial charge in [0.2, 0.25) is 0 Å². The molecule has 1 aromatic rings. The van der Waals surface area contributed by atoms with Crippen LogP contribution in [0.5, 0.6) is 0 Å². The standard InChI is InChI=1S/C11H12INOS/c12-8-1-6-15-9(8)10(14)13-5-4-11(7-13)2-3-11/h1,6H,2-5,7H2. The second-order valence-corrected chi connectivity index (χ2v) is 6.65. The quantitative estimate of drug-likeness (QED) is 0.724. The first-order valence-electron chi connectivity index (χ1n) is 5.23. The molecule has 1 spiro atoms. The highest BCUT2D eigenvalue weighted by Crippen LogP contribution is 2.52. The number of hydrogen-bond acceptors (Lipinski definition) is 2. The molecule has 0 aromatic carbocycles. The van der Waals surface area contributed by atoms with Crippen LogP contribution in [0.4, 0.5) is 0 Å². The Balaban J connectivity index is 1.78. The van der Waals surface area contributed by atoms with Gasteiger partial charge < -0.3 is 4.90 Å². The number of carbonyl (C=O) groups excluding carboxylic acids is 1. The summed E-state index contributed by atoms with van der Waals surface area (Å²) < 4.78 is 1.10. The molecule has 3 rings (SSSR count). The van der Waals surface area contributed by atoms with Gasteiger partial charge in [0, 0.05) is 16.7 Å². The number of rotatable bonds is 1. The molecule has 2 fully saturated rings. The summed E-state index contributed by atoms with van der Waals surface area (Å²) in [5, 5.41) is 2.00. The van der Waals surface area contributed by atoms with Gasteiger partial charge in [-0.2, -0.15) is 0 Å². The maximum absolute atomic E-state index is 12.2. The lowest BCUT2D eigenvalue weighted by Gasteiger charge is -2.15. The van der Waals surface area contributed by atoms with E-state index >= 15 is 0 Å². The summed E-state index contributed by atoms with van der Waals surface area (Å²) in [4.78, 5) is 15.1. The van der Waals surface area contributed by atoms with Gasteiger partial charge >= 0.3 is 0 Å². The van der Waals surface area contributed by atoms with Crippen molar-refractivity contribution in [2.75, 3.05) is 13.1 Å². The summed E-state index contributed by atoms with van der Waals surface area (Å²) in [6, 6.07) is 2.02. The van der Waals surface area contributed by atoms with Crippen molar-refractivity contribution >= 4 is 39.8 Å². The summed E-state index contributed by atoms with van der Waals surface area (Å²) in [6.07, 6.45) is 3.89. The van der Waals surface area contributed by atoms with Crippen molar-refractivity contribution in [3.63, 3.8) is 0 Å². The van der Waals surface area contributed by atoms with Gasteiger partial charge in [-0.25, -0.2) is 0 Å². The van der Waals surface area contributed by atoms with Crippen molar-refractivity contribution in [3.8, 4) is 0 Å². The lowest BCUT2D eigenvalue weighted by atomic mass is 10.1. The second-order valence-electron chi connectivity index (χ2n) is 4.57. The Morgan fingerprint density at radius 1 is 1.47 bits per heavy atom. The first-order valence-corrected chi connectivity index (χ1v) is 7.18. The molecule has 0 unspecified atom stereocenters. The summed E-state index contributed by atoms with van der Waals surface area (Å²) in [7, 11) is 0. The third-order valence-corrected chi connectivity index (χ3v) is 5.66. The van der Waals surface area contributed by atoms with Crippen LogP contribution in [0, 0.1) is 8.99 Å². The number of halogens is 1. The molecule has 0 bridgehead atoms. The van der Waals surface area contributed by atoms with Crippen LogP contribution in [-0.4, -0.2) is 23.9 Å². The van der Waals surface area contributed by atoms with E-state index in [1.165, 1.54) is 19.3 Å². The fraction of sp³-hybridized carbons (Fsp3) is 0.545. The minimum Gasteiger partial charge on any atom is -0.337 e. The highest BCUT2D eigenvalue weighted by Gasteiger charge is 2.49. The van der Waals surface area contributed by atoms with Gasteiger partial charge in [0.15, 0.2) is 0 Å². The molecule has 2 nitrogen and oxygen atoms in total. The van der Waals surface area contributed by atoms with Crippen LogP contribution in [0.25, 0.3) is 0 Å². The molecule has 1 saturated carbocycles. The summed E-state index contributed by atoms with van der Waals surface area (Å²) >= 11 is 3.81. The van der Waals surface area contributed by atoms with E-state index in [1.807, 2.05) is 16.3 Å². The van der Waals surface area contributed by atoms with Gasteiger partial charge in [-0.05, 0) is 58.7 Å². The summed E-state index contributed by atoms with van der Waals surface area (Å²) in [5.41, 5.74) is 0.540. The first kappa shape index (κ1) is 10.1. The lowest BCUT2D eigenvalue weighted by Crippen LogP contribution is -2.28.